The van der Waals surface area contributed by atoms with Crippen LogP contribution >= 0.6 is 0 Å². The monoisotopic (exact) mass is 1530 g/mol. The van der Waals surface area contributed by atoms with Crippen LogP contribution in [0.25, 0.3) is 0 Å². The van der Waals surface area contributed by atoms with E-state index in [1.807, 2.05) is 0 Å². The summed E-state index contributed by atoms with van der Waals surface area (Å²) in [4.78, 5) is 0. The van der Waals surface area contributed by atoms with E-state index in [0.717, 1.165) is 0 Å². The summed E-state index contributed by atoms with van der Waals surface area (Å²) in [5.74, 6) is 0. The zero-order chi connectivity index (χ0) is 18.0. The molecule has 149 valence electrons. The van der Waals surface area contributed by atoms with Gasteiger partial charge in [-0.2, -0.15) is 0 Å². The van der Waals surface area contributed by atoms with Crippen LogP contribution in [-0.2, 0) is 63.3 Å². The average Bonchev–Trinajstić information content (AvgIpc) is 1.62. The molecule has 9 radical (unpaired) electrons. The Morgan fingerprint density at radius 3 is 0.308 bits per heavy atom. The molecule has 0 saturated carbocycles. The van der Waals surface area contributed by atoms with Gasteiger partial charge < -0.3 is 0 Å². The summed E-state index contributed by atoms with van der Waals surface area (Å²) in [6, 6.07) is 0. The van der Waals surface area contributed by atoms with Gasteiger partial charge in [0, 0.05) is 0 Å². The molecule has 0 aromatic carbocycles. The van der Waals surface area contributed by atoms with Gasteiger partial charge in [0.1, 0.15) is 0 Å². The number of rotatable bonds is 0. The third kappa shape index (κ3) is 653. The van der Waals surface area contributed by atoms with Crippen molar-refractivity contribution in [2.24, 2.45) is 0 Å². The van der Waals surface area contributed by atoms with Crippen LogP contribution in [0.4, 0.5) is 0 Å². The van der Waals surface area contributed by atoms with E-state index in [2.05, 4.69) is 0 Å². The first-order chi connectivity index (χ1) is 8.00. The summed E-state index contributed by atoms with van der Waals surface area (Å²) < 4.78 is 138. The smallest absolute Gasteiger partial charge is 2.00 e. The van der Waals surface area contributed by atoms with Gasteiger partial charge >= 0.3 is 266 Å². The predicted octanol–water partition coefficient (Wildman–Crippen LogP) is -17.4. The van der Waals surface area contributed by atoms with Gasteiger partial charge in [0.05, 0.1) is 0 Å². The average molecular weight is 1530 g/mol. The van der Waals surface area contributed by atoms with Gasteiger partial charge in [-0.15, -0.1) is 0 Å². The first kappa shape index (κ1) is 63.6. The summed E-state index contributed by atoms with van der Waals surface area (Å²) in [5.41, 5.74) is 0. The van der Waals surface area contributed by atoms with Gasteiger partial charge in [0.2, 0.25) is 0 Å². The summed E-state index contributed by atoms with van der Waals surface area (Å²) >= 11 is -24.4. The Morgan fingerprint density at radius 1 is 0.308 bits per heavy atom. The second-order valence-corrected chi connectivity index (χ2v) is 12.0. The van der Waals surface area contributed by atoms with Crippen molar-refractivity contribution in [3.63, 3.8) is 0 Å². The molecule has 0 unspecified atom stereocenters. The maximum absolute atomic E-state index is 8.64. The van der Waals surface area contributed by atoms with E-state index < -0.39 is 80.2 Å². The number of hydrogen-bond donors (Lipinski definition) is 0. The molecule has 0 atom stereocenters. The SMILES string of the molecule is [Mn+2].[Mn+2].[Mn+2].[O]=[Sb]([O-])([O-])[O-].[O]=[Sb]([O-])([O-])[O-].[O]=[Sb]([O-])([O-])[O-].[O]=[Sb]([O-])([O-])[O-].[Pb+2].[Pb+2].[Pb+2]. The third-order valence-electron chi connectivity index (χ3n) is 0. The van der Waals surface area contributed by atoms with Crippen LogP contribution < -0.4 is 40.6 Å². The van der Waals surface area contributed by atoms with Crippen molar-refractivity contribution in [3.05, 3.63) is 0 Å². The van der Waals surface area contributed by atoms with Crippen LogP contribution in [0.2, 0.25) is 0 Å². The molecule has 0 rings (SSSR count). The zero-order valence-corrected chi connectivity index (χ0v) is 36.4. The minimum Gasteiger partial charge on any atom is 2.00 e. The van der Waals surface area contributed by atoms with Gasteiger partial charge in [0.25, 0.3) is 0 Å². The van der Waals surface area contributed by atoms with Crippen molar-refractivity contribution >= 4 is 162 Å². The van der Waals surface area contributed by atoms with E-state index >= 15 is 0 Å². The molecule has 0 spiro atoms. The van der Waals surface area contributed by atoms with Crippen molar-refractivity contribution in [2.75, 3.05) is 0 Å². The van der Waals surface area contributed by atoms with Crippen molar-refractivity contribution in [3.8, 4) is 0 Å². The topological polar surface area (TPSA) is 345 Å². The van der Waals surface area contributed by atoms with E-state index in [1.165, 1.54) is 0 Å². The van der Waals surface area contributed by atoms with Crippen LogP contribution in [0.5, 0.6) is 0 Å². The van der Waals surface area contributed by atoms with Gasteiger partial charge in [0.15, 0.2) is 0 Å². The van der Waals surface area contributed by atoms with Crippen LogP contribution in [0.15, 0.2) is 0 Å². The molecule has 0 heterocycles. The molecular formula is Mn3O16Pb3Sb4. The molecule has 0 aliphatic rings. The summed E-state index contributed by atoms with van der Waals surface area (Å²) in [7, 11) is 0. The molecule has 0 bridgehead atoms. The molecule has 26 heteroatoms. The summed E-state index contributed by atoms with van der Waals surface area (Å²) in [5, 5.41) is 0. The van der Waals surface area contributed by atoms with E-state index in [9.17, 15) is 0 Å². The predicted molar refractivity (Wildman–Crippen MR) is 43.0 cm³/mol. The van der Waals surface area contributed by atoms with E-state index in [0.29, 0.717) is 0 Å². The first-order valence-electron chi connectivity index (χ1n) is 2.92. The quantitative estimate of drug-likeness (QED) is 0.203. The molecular weight excluding hydrogens is 1530 g/mol. The fourth-order valence-electron chi connectivity index (χ4n) is 0. The van der Waals surface area contributed by atoms with Crippen molar-refractivity contribution in [2.45, 2.75) is 0 Å². The Kier molecular flexibility index (Phi) is 76.7. The van der Waals surface area contributed by atoms with Gasteiger partial charge in [-0.05, 0) is 0 Å². The maximum Gasteiger partial charge on any atom is 2.00 e. The Hall–Kier alpha value is 6.32. The summed E-state index contributed by atoms with van der Waals surface area (Å²) in [6.45, 7) is 0. The van der Waals surface area contributed by atoms with Crippen molar-refractivity contribution in [1.82, 2.24) is 0 Å². The van der Waals surface area contributed by atoms with Crippen LogP contribution in [0, 0.1) is 0 Å². The molecule has 0 aromatic rings. The summed E-state index contributed by atoms with van der Waals surface area (Å²) in [6.07, 6.45) is 0. The van der Waals surface area contributed by atoms with Crippen molar-refractivity contribution in [1.29, 1.82) is 0 Å². The Balaban J connectivity index is -0.0000000152. The molecule has 0 saturated heterocycles. The van der Waals surface area contributed by atoms with Gasteiger partial charge in [-0.3, -0.25) is 0 Å². The second-order valence-electron chi connectivity index (χ2n) is 1.79. The first-order valence-corrected chi connectivity index (χ1v) is 19.6. The van der Waals surface area contributed by atoms with E-state index in [-0.39, 0.29) is 133 Å². The minimum atomic E-state index is -6.10. The van der Waals surface area contributed by atoms with E-state index in [4.69, 9.17) is 52.7 Å². The molecule has 0 fully saturated rings. The largest absolute Gasteiger partial charge is 2.00 e. The van der Waals surface area contributed by atoms with Crippen LogP contribution in [0.1, 0.15) is 0 Å². The maximum atomic E-state index is 8.64. The van der Waals surface area contributed by atoms with Crippen molar-refractivity contribution < 1.29 is 104 Å². The fraction of sp³-hybridized carbons (Fsp3) is 0. The zero-order valence-electron chi connectivity index (χ0n) is 11.0. The third-order valence-corrected chi connectivity index (χ3v) is 0. The standard InChI is InChI=1S/3Mn.16O.3Pb.4Sb/q3*+2;;;;;12*-1;3*+2;;;;. The molecule has 0 aromatic heterocycles. The van der Waals surface area contributed by atoms with E-state index in [1.54, 1.807) is 0 Å². The fourth-order valence-corrected chi connectivity index (χ4v) is 0. The molecule has 26 heavy (non-hydrogen) atoms. The normalized spacial score (nSPS) is 9.08. The molecule has 0 aliphatic carbocycles. The Labute approximate surface area is 260 Å². The minimum absolute atomic E-state index is 0. The van der Waals surface area contributed by atoms with Gasteiger partial charge in [-0.25, -0.2) is 0 Å². The molecule has 0 amide bonds. The van der Waals surface area contributed by atoms with Crippen LogP contribution in [0.3, 0.4) is 0 Å². The molecule has 0 aliphatic heterocycles. The Morgan fingerprint density at radius 2 is 0.308 bits per heavy atom. The van der Waals surface area contributed by atoms with Gasteiger partial charge in [-0.1, -0.05) is 0 Å². The van der Waals surface area contributed by atoms with Crippen LogP contribution in [-0.4, -0.2) is 162 Å². The number of hydrogen-bond acceptors (Lipinski definition) is 16. The second kappa shape index (κ2) is 31.3. The molecule has 0 N–H and O–H groups in total. The molecule has 16 nitrogen and oxygen atoms in total. The Bertz CT molecular complexity index is 305.